The zero-order chi connectivity index (χ0) is 19.4. The van der Waals surface area contributed by atoms with Crippen molar-refractivity contribution in [2.24, 2.45) is 5.10 Å². The van der Waals surface area contributed by atoms with Gasteiger partial charge in [0, 0.05) is 17.4 Å². The van der Waals surface area contributed by atoms with Gasteiger partial charge in [0.1, 0.15) is 5.82 Å². The molecule has 2 aromatic carbocycles. The fourth-order valence-corrected chi connectivity index (χ4v) is 3.85. The van der Waals surface area contributed by atoms with Crippen molar-refractivity contribution in [1.82, 2.24) is 9.55 Å². The average molecular weight is 422 g/mol. The second-order valence-electron chi connectivity index (χ2n) is 6.03. The Kier molecular flexibility index (Phi) is 6.42. The van der Waals surface area contributed by atoms with Gasteiger partial charge in [-0.2, -0.15) is 5.10 Å². The second kappa shape index (κ2) is 8.79. The molecule has 0 saturated carbocycles. The molecule has 0 amide bonds. The van der Waals surface area contributed by atoms with E-state index in [2.05, 4.69) is 27.0 Å². The van der Waals surface area contributed by atoms with Crippen molar-refractivity contribution in [3.8, 4) is 0 Å². The Morgan fingerprint density at radius 1 is 1.15 bits per heavy atom. The maximum absolute atomic E-state index is 6.29. The van der Waals surface area contributed by atoms with Gasteiger partial charge in [-0.25, -0.2) is 4.98 Å². The summed E-state index contributed by atoms with van der Waals surface area (Å²) in [5, 5.41) is 5.99. The van der Waals surface area contributed by atoms with E-state index in [0.29, 0.717) is 20.8 Å². The van der Waals surface area contributed by atoms with E-state index in [4.69, 9.17) is 34.8 Å². The van der Waals surface area contributed by atoms with E-state index in [1.807, 2.05) is 43.5 Å². The molecule has 0 saturated heterocycles. The number of benzene rings is 2. The lowest BCUT2D eigenvalue weighted by Crippen LogP contribution is -2.22. The summed E-state index contributed by atoms with van der Waals surface area (Å²) in [6, 6.07) is 13.3. The van der Waals surface area contributed by atoms with Crippen molar-refractivity contribution in [2.75, 3.05) is 5.43 Å². The van der Waals surface area contributed by atoms with Crippen LogP contribution in [-0.2, 0) is 0 Å². The van der Waals surface area contributed by atoms with Crippen LogP contribution in [0.25, 0.3) is 0 Å². The molecule has 1 atom stereocenters. The first-order valence-electron chi connectivity index (χ1n) is 8.54. The smallest absolute Gasteiger partial charge is 0.106 e. The summed E-state index contributed by atoms with van der Waals surface area (Å²) in [6.45, 7) is 4.09. The first kappa shape index (κ1) is 19.7. The molecule has 140 valence electrons. The first-order chi connectivity index (χ1) is 13.0. The minimum absolute atomic E-state index is 0.00671. The van der Waals surface area contributed by atoms with Gasteiger partial charge < -0.3 is 4.57 Å². The van der Waals surface area contributed by atoms with Crippen LogP contribution in [0.2, 0.25) is 15.1 Å². The molecule has 1 N–H and O–H groups in total. The lowest BCUT2D eigenvalue weighted by Gasteiger charge is -2.21. The number of imidazole rings is 1. The van der Waals surface area contributed by atoms with E-state index < -0.39 is 0 Å². The summed E-state index contributed by atoms with van der Waals surface area (Å²) in [6.07, 6.45) is 4.60. The Morgan fingerprint density at radius 3 is 2.37 bits per heavy atom. The summed E-state index contributed by atoms with van der Waals surface area (Å²) >= 11 is 18.6. The van der Waals surface area contributed by atoms with Gasteiger partial charge in [0.15, 0.2) is 0 Å². The van der Waals surface area contributed by atoms with E-state index in [1.165, 1.54) is 0 Å². The number of aromatic nitrogens is 2. The van der Waals surface area contributed by atoms with E-state index >= 15 is 0 Å². The number of nitrogens with one attached hydrogen (secondary N) is 1. The van der Waals surface area contributed by atoms with Gasteiger partial charge in [0.2, 0.25) is 0 Å². The minimum atomic E-state index is 0.00671. The molecule has 1 heterocycles. The van der Waals surface area contributed by atoms with Gasteiger partial charge in [-0.05, 0) is 31.0 Å². The molecule has 1 aromatic heterocycles. The van der Waals surface area contributed by atoms with Crippen LogP contribution in [0.15, 0.2) is 60.0 Å². The highest BCUT2D eigenvalue weighted by Crippen LogP contribution is 2.34. The number of rotatable bonds is 6. The number of anilines is 1. The van der Waals surface area contributed by atoms with Crippen LogP contribution in [0.3, 0.4) is 0 Å². The highest BCUT2D eigenvalue weighted by molar-refractivity contribution is 6.41. The third kappa shape index (κ3) is 4.46. The van der Waals surface area contributed by atoms with E-state index in [-0.39, 0.29) is 6.04 Å². The summed E-state index contributed by atoms with van der Waals surface area (Å²) < 4.78 is 2.11. The van der Waals surface area contributed by atoms with Crippen LogP contribution in [-0.4, -0.2) is 15.3 Å². The van der Waals surface area contributed by atoms with Crippen LogP contribution in [0, 0.1) is 6.92 Å². The topological polar surface area (TPSA) is 42.2 Å². The molecule has 0 unspecified atom stereocenters. The number of hydrazone groups is 1. The number of hydrogen-bond acceptors (Lipinski definition) is 3. The van der Waals surface area contributed by atoms with Crippen LogP contribution < -0.4 is 5.43 Å². The highest BCUT2D eigenvalue weighted by atomic mass is 35.5. The molecule has 3 aromatic rings. The standard InChI is InChI=1S/C20H19Cl3N4/c1-3-18(27-10-9-24-13(27)2)19(14-7-5-4-6-8-14)25-26-20-16(22)11-15(21)12-17(20)23/h4-12,18,26H,3H2,1-2H3/b25-19-/t18-/m0/s1. The van der Waals surface area contributed by atoms with Crippen LogP contribution in [0.5, 0.6) is 0 Å². The van der Waals surface area contributed by atoms with Crippen LogP contribution in [0.1, 0.15) is 30.8 Å². The zero-order valence-electron chi connectivity index (χ0n) is 15.0. The minimum Gasteiger partial charge on any atom is -0.326 e. The van der Waals surface area contributed by atoms with Gasteiger partial charge in [-0.15, -0.1) is 0 Å². The lowest BCUT2D eigenvalue weighted by molar-refractivity contribution is 0.600. The van der Waals surface area contributed by atoms with Gasteiger partial charge in [-0.1, -0.05) is 72.1 Å². The van der Waals surface area contributed by atoms with Crippen molar-refractivity contribution in [1.29, 1.82) is 0 Å². The number of hydrogen-bond donors (Lipinski definition) is 1. The quantitative estimate of drug-likeness (QED) is 0.359. The molecule has 0 aliphatic heterocycles. The van der Waals surface area contributed by atoms with E-state index in [9.17, 15) is 0 Å². The Hall–Kier alpha value is -2.01. The number of aryl methyl sites for hydroxylation is 1. The van der Waals surface area contributed by atoms with Gasteiger partial charge in [0.25, 0.3) is 0 Å². The van der Waals surface area contributed by atoms with Crippen LogP contribution in [0.4, 0.5) is 5.69 Å². The Labute approximate surface area is 173 Å². The van der Waals surface area contributed by atoms with Crippen LogP contribution >= 0.6 is 34.8 Å². The van der Waals surface area contributed by atoms with Gasteiger partial charge >= 0.3 is 0 Å². The maximum atomic E-state index is 6.29. The van der Waals surface area contributed by atoms with Crippen molar-refractivity contribution in [3.05, 3.63) is 81.3 Å². The SMILES string of the molecule is CC[C@@H](/C(=N\Nc1c(Cl)cc(Cl)cc1Cl)c1ccccc1)n1ccnc1C. The van der Waals surface area contributed by atoms with Crippen molar-refractivity contribution < 1.29 is 0 Å². The number of nitrogens with zero attached hydrogens (tertiary/aromatic N) is 3. The molecule has 27 heavy (non-hydrogen) atoms. The Morgan fingerprint density at radius 2 is 1.81 bits per heavy atom. The monoisotopic (exact) mass is 420 g/mol. The maximum Gasteiger partial charge on any atom is 0.106 e. The molecular formula is C20H19Cl3N4. The zero-order valence-corrected chi connectivity index (χ0v) is 17.2. The molecule has 7 heteroatoms. The predicted octanol–water partition coefficient (Wildman–Crippen LogP) is 6.62. The number of halogens is 3. The summed E-state index contributed by atoms with van der Waals surface area (Å²) in [4.78, 5) is 4.35. The molecule has 0 aliphatic carbocycles. The molecule has 0 fully saturated rings. The first-order valence-corrected chi connectivity index (χ1v) is 9.67. The molecule has 0 aliphatic rings. The molecule has 0 spiro atoms. The summed E-state index contributed by atoms with van der Waals surface area (Å²) in [7, 11) is 0. The third-order valence-corrected chi connectivity index (χ3v) is 5.08. The summed E-state index contributed by atoms with van der Waals surface area (Å²) in [5.74, 6) is 0.924. The fourth-order valence-electron chi connectivity index (χ4n) is 2.94. The van der Waals surface area contributed by atoms with E-state index in [0.717, 1.165) is 23.5 Å². The van der Waals surface area contributed by atoms with Crippen molar-refractivity contribution >= 4 is 46.2 Å². The molecule has 0 radical (unpaired) electrons. The van der Waals surface area contributed by atoms with Gasteiger partial charge in [0.05, 0.1) is 27.5 Å². The Balaban J connectivity index is 2.05. The molecular weight excluding hydrogens is 403 g/mol. The van der Waals surface area contributed by atoms with Crippen molar-refractivity contribution in [2.45, 2.75) is 26.3 Å². The average Bonchev–Trinajstić information content (AvgIpc) is 3.06. The van der Waals surface area contributed by atoms with Crippen molar-refractivity contribution in [3.63, 3.8) is 0 Å². The lowest BCUT2D eigenvalue weighted by atomic mass is 10.0. The highest BCUT2D eigenvalue weighted by Gasteiger charge is 2.20. The van der Waals surface area contributed by atoms with Gasteiger partial charge in [-0.3, -0.25) is 5.43 Å². The molecule has 4 nitrogen and oxygen atoms in total. The van der Waals surface area contributed by atoms with E-state index in [1.54, 1.807) is 18.3 Å². The molecule has 3 rings (SSSR count). The Bertz CT molecular complexity index is 928. The fraction of sp³-hybridized carbons (Fsp3) is 0.200. The second-order valence-corrected chi connectivity index (χ2v) is 7.28. The predicted molar refractivity (Wildman–Crippen MR) is 114 cm³/mol. The third-order valence-electron chi connectivity index (χ3n) is 4.27. The summed E-state index contributed by atoms with van der Waals surface area (Å²) in [5.41, 5.74) is 5.42. The molecule has 0 bridgehead atoms. The normalized spacial score (nSPS) is 12.9. The largest absolute Gasteiger partial charge is 0.326 e.